The number of Topliss-reactive ketones (excluding diaryl/α,β-unsaturated/α-hetero) is 1. The van der Waals surface area contributed by atoms with E-state index in [1.165, 1.54) is 0 Å². The van der Waals surface area contributed by atoms with Gasteiger partial charge in [0.05, 0.1) is 24.5 Å². The van der Waals surface area contributed by atoms with E-state index in [0.29, 0.717) is 11.4 Å². The van der Waals surface area contributed by atoms with Gasteiger partial charge in [0.25, 0.3) is 0 Å². The number of ether oxygens (including phenoxy) is 1. The minimum Gasteiger partial charge on any atom is -0.496 e. The highest BCUT2D eigenvalue weighted by Gasteiger charge is 2.36. The van der Waals surface area contributed by atoms with Gasteiger partial charge in [-0.05, 0) is 48.2 Å². The smallest absolute Gasteiger partial charge is 0.163 e. The molecule has 4 nitrogen and oxygen atoms in total. The van der Waals surface area contributed by atoms with Crippen LogP contribution in [0.2, 0.25) is 5.02 Å². The molecular weight excluding hydrogens is 408 g/mol. The number of methoxy groups -OCH3 is 1. The van der Waals surface area contributed by atoms with Crippen LogP contribution in [0.3, 0.4) is 0 Å². The molecule has 156 valence electrons. The molecule has 0 saturated heterocycles. The van der Waals surface area contributed by atoms with Gasteiger partial charge in [0, 0.05) is 28.3 Å². The number of benzene rings is 3. The van der Waals surface area contributed by atoms with Gasteiger partial charge in [-0.25, -0.2) is 0 Å². The summed E-state index contributed by atoms with van der Waals surface area (Å²) in [5, 5.41) is 7.87. The normalized spacial score (nSPS) is 20.1. The average molecular weight is 431 g/mol. The molecule has 2 aliphatic rings. The molecule has 1 aliphatic carbocycles. The molecule has 31 heavy (non-hydrogen) atoms. The Balaban J connectivity index is 1.62. The van der Waals surface area contributed by atoms with Gasteiger partial charge in [0.1, 0.15) is 5.75 Å². The summed E-state index contributed by atoms with van der Waals surface area (Å²) in [6.07, 6.45) is 1.22. The van der Waals surface area contributed by atoms with Crippen LogP contribution < -0.4 is 15.4 Å². The number of hydrogen-bond acceptors (Lipinski definition) is 4. The zero-order valence-corrected chi connectivity index (χ0v) is 17.9. The van der Waals surface area contributed by atoms with Gasteiger partial charge in [0.2, 0.25) is 0 Å². The van der Waals surface area contributed by atoms with Crippen molar-refractivity contribution in [1.29, 1.82) is 0 Å². The second kappa shape index (κ2) is 8.12. The van der Waals surface area contributed by atoms with E-state index in [-0.39, 0.29) is 17.7 Å². The van der Waals surface area contributed by atoms with Gasteiger partial charge < -0.3 is 15.4 Å². The van der Waals surface area contributed by atoms with E-state index < -0.39 is 0 Å². The van der Waals surface area contributed by atoms with E-state index in [2.05, 4.69) is 10.6 Å². The first-order chi connectivity index (χ1) is 15.1. The molecule has 2 atom stereocenters. The summed E-state index contributed by atoms with van der Waals surface area (Å²) in [5.41, 5.74) is 5.76. The number of carbonyl (C=O) groups excluding carboxylic acids is 1. The third-order valence-corrected chi connectivity index (χ3v) is 6.35. The Morgan fingerprint density at radius 1 is 0.903 bits per heavy atom. The Morgan fingerprint density at radius 3 is 2.39 bits per heavy atom. The number of anilines is 2. The number of fused-ring (bicyclic) bond motifs is 1. The summed E-state index contributed by atoms with van der Waals surface area (Å²) in [5.74, 6) is 1.02. The number of halogens is 1. The maximum absolute atomic E-state index is 13.6. The van der Waals surface area contributed by atoms with E-state index >= 15 is 0 Å². The molecule has 0 unspecified atom stereocenters. The van der Waals surface area contributed by atoms with Crippen molar-refractivity contribution in [3.05, 3.63) is 100 Å². The number of nitrogens with one attached hydrogen (secondary N) is 2. The topological polar surface area (TPSA) is 50.4 Å². The largest absolute Gasteiger partial charge is 0.496 e. The minimum absolute atomic E-state index is 0.111. The molecule has 5 heteroatoms. The lowest BCUT2D eigenvalue weighted by molar-refractivity contribution is -0.116. The molecule has 0 spiro atoms. The molecule has 3 aromatic rings. The van der Waals surface area contributed by atoms with Gasteiger partial charge in [-0.3, -0.25) is 4.79 Å². The van der Waals surface area contributed by atoms with Gasteiger partial charge in [-0.1, -0.05) is 54.1 Å². The van der Waals surface area contributed by atoms with Crippen LogP contribution in [0.1, 0.15) is 35.9 Å². The van der Waals surface area contributed by atoms with E-state index in [1.807, 2.05) is 72.8 Å². The predicted molar refractivity (Wildman–Crippen MR) is 125 cm³/mol. The van der Waals surface area contributed by atoms with Gasteiger partial charge in [-0.2, -0.15) is 0 Å². The summed E-state index contributed by atoms with van der Waals surface area (Å²) in [4.78, 5) is 13.6. The summed E-state index contributed by atoms with van der Waals surface area (Å²) in [7, 11) is 1.66. The van der Waals surface area contributed by atoms with Crippen molar-refractivity contribution >= 4 is 28.8 Å². The van der Waals surface area contributed by atoms with Gasteiger partial charge in [-0.15, -0.1) is 0 Å². The fourth-order valence-electron chi connectivity index (χ4n) is 4.60. The number of para-hydroxylation sites is 3. The van der Waals surface area contributed by atoms with Crippen LogP contribution in [-0.2, 0) is 4.79 Å². The van der Waals surface area contributed by atoms with E-state index in [4.69, 9.17) is 16.3 Å². The molecule has 0 radical (unpaired) electrons. The molecule has 3 aromatic carbocycles. The Labute approximate surface area is 186 Å². The number of ketones is 1. The standard InChI is InChI=1S/C26H23ClN2O2/c1-31-24-9-5-2-6-19(24)26-25-22(28-20-7-3-4-8-21(20)29-26)14-17(15-23(25)30)16-10-12-18(27)13-11-16/h2-13,17,26,28-29H,14-15H2,1H3/t17-,26+/m0/s1. The monoisotopic (exact) mass is 430 g/mol. The highest BCUT2D eigenvalue weighted by Crippen LogP contribution is 2.45. The number of carbonyl (C=O) groups is 1. The lowest BCUT2D eigenvalue weighted by atomic mass is 9.78. The summed E-state index contributed by atoms with van der Waals surface area (Å²) in [6, 6.07) is 23.5. The number of rotatable bonds is 3. The highest BCUT2D eigenvalue weighted by atomic mass is 35.5. The molecule has 2 N–H and O–H groups in total. The lowest BCUT2D eigenvalue weighted by Crippen LogP contribution is -2.27. The van der Waals surface area contributed by atoms with Crippen molar-refractivity contribution in [2.45, 2.75) is 24.8 Å². The van der Waals surface area contributed by atoms with Crippen molar-refractivity contribution in [2.24, 2.45) is 0 Å². The molecule has 0 aromatic heterocycles. The predicted octanol–water partition coefficient (Wildman–Crippen LogP) is 6.33. The molecule has 0 bridgehead atoms. The molecule has 5 rings (SSSR count). The number of hydrogen-bond donors (Lipinski definition) is 2. The molecular formula is C26H23ClN2O2. The highest BCUT2D eigenvalue weighted by molar-refractivity contribution is 6.30. The maximum atomic E-state index is 13.6. The second-order valence-corrected chi connectivity index (χ2v) is 8.40. The zero-order chi connectivity index (χ0) is 21.4. The van der Waals surface area contributed by atoms with E-state index in [1.54, 1.807) is 7.11 Å². The Hall–Kier alpha value is -3.24. The summed E-state index contributed by atoms with van der Waals surface area (Å²) < 4.78 is 5.64. The fourth-order valence-corrected chi connectivity index (χ4v) is 4.73. The van der Waals surface area contributed by atoms with Crippen molar-refractivity contribution < 1.29 is 9.53 Å². The number of allylic oxidation sites excluding steroid dienone is 1. The first-order valence-corrected chi connectivity index (χ1v) is 10.8. The van der Waals surface area contributed by atoms with Crippen molar-refractivity contribution in [3.63, 3.8) is 0 Å². The molecule has 1 aliphatic heterocycles. The maximum Gasteiger partial charge on any atom is 0.163 e. The zero-order valence-electron chi connectivity index (χ0n) is 17.2. The van der Waals surface area contributed by atoms with Crippen LogP contribution in [0.5, 0.6) is 5.75 Å². The van der Waals surface area contributed by atoms with Crippen molar-refractivity contribution in [1.82, 2.24) is 0 Å². The minimum atomic E-state index is -0.291. The SMILES string of the molecule is COc1ccccc1[C@H]1Nc2ccccc2NC2=C1C(=O)C[C@@H](c1ccc(Cl)cc1)C2. The van der Waals surface area contributed by atoms with Crippen LogP contribution >= 0.6 is 11.6 Å². The first kappa shape index (κ1) is 19.7. The van der Waals surface area contributed by atoms with Crippen LogP contribution in [0, 0.1) is 0 Å². The second-order valence-electron chi connectivity index (χ2n) is 7.96. The van der Waals surface area contributed by atoms with Crippen LogP contribution in [0.15, 0.2) is 84.1 Å². The third kappa shape index (κ3) is 3.68. The quantitative estimate of drug-likeness (QED) is 0.509. The molecule has 0 saturated carbocycles. The molecule has 0 amide bonds. The van der Waals surface area contributed by atoms with Crippen LogP contribution in [-0.4, -0.2) is 12.9 Å². The Morgan fingerprint density at radius 2 is 1.61 bits per heavy atom. The first-order valence-electron chi connectivity index (χ1n) is 10.4. The Bertz CT molecular complexity index is 1170. The van der Waals surface area contributed by atoms with Crippen LogP contribution in [0.25, 0.3) is 0 Å². The van der Waals surface area contributed by atoms with Crippen LogP contribution in [0.4, 0.5) is 11.4 Å². The van der Waals surface area contributed by atoms with Gasteiger partial charge >= 0.3 is 0 Å². The van der Waals surface area contributed by atoms with Crippen molar-refractivity contribution in [2.75, 3.05) is 17.7 Å². The van der Waals surface area contributed by atoms with E-state index in [9.17, 15) is 4.79 Å². The third-order valence-electron chi connectivity index (χ3n) is 6.10. The fraction of sp³-hybridized carbons (Fsp3) is 0.192. The summed E-state index contributed by atoms with van der Waals surface area (Å²) in [6.45, 7) is 0. The summed E-state index contributed by atoms with van der Waals surface area (Å²) >= 11 is 6.07. The van der Waals surface area contributed by atoms with E-state index in [0.717, 1.165) is 45.9 Å². The molecule has 1 heterocycles. The molecule has 0 fully saturated rings. The van der Waals surface area contributed by atoms with Gasteiger partial charge in [0.15, 0.2) is 5.78 Å². The Kier molecular flexibility index (Phi) is 5.16. The average Bonchev–Trinajstić information content (AvgIpc) is 2.96. The van der Waals surface area contributed by atoms with Crippen molar-refractivity contribution in [3.8, 4) is 5.75 Å². The lowest BCUT2D eigenvalue weighted by Gasteiger charge is -2.30.